The highest BCUT2D eigenvalue weighted by atomic mass is 16.5. The van der Waals surface area contributed by atoms with Crippen LogP contribution in [0.4, 0.5) is 5.69 Å². The van der Waals surface area contributed by atoms with Gasteiger partial charge in [-0.1, -0.05) is 12.1 Å². The van der Waals surface area contributed by atoms with Crippen molar-refractivity contribution < 1.29 is 19.1 Å². The van der Waals surface area contributed by atoms with E-state index in [4.69, 9.17) is 4.74 Å². The van der Waals surface area contributed by atoms with Gasteiger partial charge in [-0.3, -0.25) is 14.4 Å². The molecular weight excluding hydrogens is 308 g/mol. The molecule has 1 fully saturated rings. The van der Waals surface area contributed by atoms with Crippen LogP contribution in [0, 0.1) is 0 Å². The monoisotopic (exact) mass is 332 g/mol. The third-order valence-corrected chi connectivity index (χ3v) is 3.87. The Hall–Kier alpha value is -2.37. The van der Waals surface area contributed by atoms with Crippen LogP contribution >= 0.6 is 0 Å². The van der Waals surface area contributed by atoms with E-state index in [-0.39, 0.29) is 24.2 Å². The maximum Gasteiger partial charge on any atom is 0.305 e. The number of rotatable bonds is 8. The summed E-state index contributed by atoms with van der Waals surface area (Å²) in [5, 5.41) is 2.79. The molecule has 0 bridgehead atoms. The first-order chi connectivity index (χ1) is 11.6. The molecule has 1 N–H and O–H groups in total. The maximum atomic E-state index is 11.9. The minimum Gasteiger partial charge on any atom is -0.466 e. The van der Waals surface area contributed by atoms with Crippen LogP contribution in [-0.2, 0) is 25.5 Å². The normalized spacial score (nSPS) is 13.9. The topological polar surface area (TPSA) is 75.7 Å². The Morgan fingerprint density at radius 1 is 1.25 bits per heavy atom. The minimum atomic E-state index is -0.237. The molecule has 2 amide bonds. The van der Waals surface area contributed by atoms with Crippen LogP contribution < -0.4 is 10.2 Å². The lowest BCUT2D eigenvalue weighted by Crippen LogP contribution is -2.26. The summed E-state index contributed by atoms with van der Waals surface area (Å²) < 4.78 is 4.83. The molecule has 1 saturated heterocycles. The Labute approximate surface area is 142 Å². The predicted octanol–water partition coefficient (Wildman–Crippen LogP) is 1.82. The van der Waals surface area contributed by atoms with Gasteiger partial charge in [0, 0.05) is 31.6 Å². The van der Waals surface area contributed by atoms with Gasteiger partial charge in [-0.25, -0.2) is 0 Å². The second-order valence-electron chi connectivity index (χ2n) is 5.75. The van der Waals surface area contributed by atoms with E-state index in [0.29, 0.717) is 32.4 Å². The average Bonchev–Trinajstić information content (AvgIpc) is 2.99. The van der Waals surface area contributed by atoms with Crippen LogP contribution in [0.1, 0.15) is 38.2 Å². The largest absolute Gasteiger partial charge is 0.466 e. The minimum absolute atomic E-state index is 0.0798. The van der Waals surface area contributed by atoms with E-state index < -0.39 is 0 Å². The predicted molar refractivity (Wildman–Crippen MR) is 90.6 cm³/mol. The molecule has 130 valence electrons. The van der Waals surface area contributed by atoms with Crippen molar-refractivity contribution in [3.05, 3.63) is 29.8 Å². The summed E-state index contributed by atoms with van der Waals surface area (Å²) in [4.78, 5) is 36.5. The molecule has 0 aromatic heterocycles. The van der Waals surface area contributed by atoms with E-state index in [0.717, 1.165) is 24.2 Å². The lowest BCUT2D eigenvalue weighted by Gasteiger charge is -2.15. The Bertz CT molecular complexity index is 583. The molecule has 0 unspecified atom stereocenters. The Morgan fingerprint density at radius 2 is 2.00 bits per heavy atom. The zero-order valence-corrected chi connectivity index (χ0v) is 14.0. The molecule has 0 aliphatic carbocycles. The van der Waals surface area contributed by atoms with Gasteiger partial charge in [0.05, 0.1) is 13.0 Å². The van der Waals surface area contributed by atoms with Crippen LogP contribution in [0.3, 0.4) is 0 Å². The van der Waals surface area contributed by atoms with E-state index in [1.54, 1.807) is 11.8 Å². The first-order valence-corrected chi connectivity index (χ1v) is 8.41. The second kappa shape index (κ2) is 9.05. The fraction of sp³-hybridized carbons (Fsp3) is 0.500. The third-order valence-electron chi connectivity index (χ3n) is 3.87. The number of anilines is 1. The van der Waals surface area contributed by atoms with Gasteiger partial charge in [-0.15, -0.1) is 0 Å². The molecule has 0 spiro atoms. The Morgan fingerprint density at radius 3 is 2.62 bits per heavy atom. The van der Waals surface area contributed by atoms with Crippen molar-refractivity contribution in [1.29, 1.82) is 0 Å². The molecule has 1 heterocycles. The first kappa shape index (κ1) is 18.0. The Balaban J connectivity index is 1.72. The quantitative estimate of drug-likeness (QED) is 0.582. The number of nitrogens with zero attached hydrogens (tertiary/aromatic N) is 1. The molecule has 1 aromatic rings. The van der Waals surface area contributed by atoms with E-state index in [1.165, 1.54) is 0 Å². The number of nitrogens with one attached hydrogen (secondary N) is 1. The van der Waals surface area contributed by atoms with E-state index in [1.807, 2.05) is 24.3 Å². The van der Waals surface area contributed by atoms with Gasteiger partial charge in [0.2, 0.25) is 11.8 Å². The number of ether oxygens (including phenoxy) is 1. The van der Waals surface area contributed by atoms with Crippen LogP contribution in [0.15, 0.2) is 24.3 Å². The summed E-state index contributed by atoms with van der Waals surface area (Å²) in [6.45, 7) is 3.37. The first-order valence-electron chi connectivity index (χ1n) is 8.41. The molecule has 6 nitrogen and oxygen atoms in total. The zero-order valence-electron chi connectivity index (χ0n) is 14.0. The number of hydrogen-bond acceptors (Lipinski definition) is 4. The molecule has 24 heavy (non-hydrogen) atoms. The van der Waals surface area contributed by atoms with Gasteiger partial charge in [0.25, 0.3) is 0 Å². The molecule has 2 rings (SSSR count). The van der Waals surface area contributed by atoms with Crippen LogP contribution in [0.2, 0.25) is 0 Å². The number of benzene rings is 1. The standard InChI is InChI=1S/C18H24N2O4/c1-2-24-18(23)6-3-11-19-16(21)13-14-7-9-15(10-8-14)20-12-4-5-17(20)22/h7-10H,2-6,11-13H2,1H3,(H,19,21). The lowest BCUT2D eigenvalue weighted by atomic mass is 10.1. The number of carbonyl (C=O) groups excluding carboxylic acids is 3. The average molecular weight is 332 g/mol. The van der Waals surface area contributed by atoms with Crippen molar-refractivity contribution in [2.24, 2.45) is 0 Å². The fourth-order valence-corrected chi connectivity index (χ4v) is 2.66. The van der Waals surface area contributed by atoms with Crippen molar-refractivity contribution in [1.82, 2.24) is 5.32 Å². The van der Waals surface area contributed by atoms with E-state index in [2.05, 4.69) is 5.32 Å². The summed E-state index contributed by atoms with van der Waals surface area (Å²) in [6, 6.07) is 7.51. The molecule has 1 aliphatic rings. The van der Waals surface area contributed by atoms with Gasteiger partial charge in [-0.05, 0) is 37.5 Å². The van der Waals surface area contributed by atoms with Gasteiger partial charge in [-0.2, -0.15) is 0 Å². The fourth-order valence-electron chi connectivity index (χ4n) is 2.66. The van der Waals surface area contributed by atoms with Crippen molar-refractivity contribution >= 4 is 23.5 Å². The van der Waals surface area contributed by atoms with Crippen molar-refractivity contribution in [3.63, 3.8) is 0 Å². The molecule has 0 atom stereocenters. The molecule has 0 radical (unpaired) electrons. The number of carbonyl (C=O) groups is 3. The molecule has 6 heteroatoms. The van der Waals surface area contributed by atoms with Crippen LogP contribution in [0.25, 0.3) is 0 Å². The van der Waals surface area contributed by atoms with Crippen molar-refractivity contribution in [2.45, 2.75) is 39.0 Å². The highest BCUT2D eigenvalue weighted by molar-refractivity contribution is 5.95. The highest BCUT2D eigenvalue weighted by Gasteiger charge is 2.21. The molecule has 0 saturated carbocycles. The Kier molecular flexibility index (Phi) is 6.78. The van der Waals surface area contributed by atoms with Gasteiger partial charge in [0.1, 0.15) is 0 Å². The lowest BCUT2D eigenvalue weighted by molar-refractivity contribution is -0.143. The van der Waals surface area contributed by atoms with Gasteiger partial charge in [0.15, 0.2) is 0 Å². The van der Waals surface area contributed by atoms with Crippen molar-refractivity contribution in [2.75, 3.05) is 24.6 Å². The van der Waals surface area contributed by atoms with Gasteiger partial charge < -0.3 is 15.0 Å². The summed E-state index contributed by atoms with van der Waals surface area (Å²) in [5.74, 6) is -0.162. The van der Waals surface area contributed by atoms with E-state index in [9.17, 15) is 14.4 Å². The smallest absolute Gasteiger partial charge is 0.305 e. The van der Waals surface area contributed by atoms with Crippen LogP contribution in [0.5, 0.6) is 0 Å². The van der Waals surface area contributed by atoms with Crippen molar-refractivity contribution in [3.8, 4) is 0 Å². The highest BCUT2D eigenvalue weighted by Crippen LogP contribution is 2.21. The van der Waals surface area contributed by atoms with E-state index >= 15 is 0 Å². The van der Waals surface area contributed by atoms with Crippen LogP contribution in [-0.4, -0.2) is 37.5 Å². The number of hydrogen-bond donors (Lipinski definition) is 1. The third kappa shape index (κ3) is 5.37. The summed E-state index contributed by atoms with van der Waals surface area (Å²) in [6.07, 6.45) is 2.67. The second-order valence-corrected chi connectivity index (χ2v) is 5.75. The van der Waals surface area contributed by atoms with Gasteiger partial charge >= 0.3 is 5.97 Å². The molecular formula is C18H24N2O4. The number of esters is 1. The number of amides is 2. The SMILES string of the molecule is CCOC(=O)CCCNC(=O)Cc1ccc(N2CCCC2=O)cc1. The molecule has 1 aromatic carbocycles. The summed E-state index contributed by atoms with van der Waals surface area (Å²) >= 11 is 0. The summed E-state index contributed by atoms with van der Waals surface area (Å²) in [5.41, 5.74) is 1.78. The summed E-state index contributed by atoms with van der Waals surface area (Å²) in [7, 11) is 0. The zero-order chi connectivity index (χ0) is 17.4. The molecule has 1 aliphatic heterocycles. The maximum absolute atomic E-state index is 11.9.